The van der Waals surface area contributed by atoms with Gasteiger partial charge in [0.2, 0.25) is 0 Å². The molecular weight excluding hydrogens is 669 g/mol. The lowest BCUT2D eigenvalue weighted by molar-refractivity contribution is -0.124. The summed E-state index contributed by atoms with van der Waals surface area (Å²) in [5, 5.41) is 49.7. The maximum Gasteiger partial charge on any atom is 0.290 e. The van der Waals surface area contributed by atoms with Gasteiger partial charge in [0, 0.05) is 65.9 Å². The van der Waals surface area contributed by atoms with Crippen molar-refractivity contribution in [3.63, 3.8) is 0 Å². The summed E-state index contributed by atoms with van der Waals surface area (Å²) < 4.78 is 20.0. The van der Waals surface area contributed by atoms with Gasteiger partial charge in [-0.25, -0.2) is 14.9 Å². The summed E-state index contributed by atoms with van der Waals surface area (Å²) >= 11 is 6.44. The number of methoxy groups -OCH3 is 1. The maximum absolute atomic E-state index is 14.9. The number of halogens is 2. The van der Waals surface area contributed by atoms with Crippen molar-refractivity contribution in [2.45, 2.75) is 25.4 Å². The highest BCUT2D eigenvalue weighted by molar-refractivity contribution is 6.31. The molecule has 0 unspecified atom stereocenters. The van der Waals surface area contributed by atoms with Crippen molar-refractivity contribution < 1.29 is 34.1 Å². The molecule has 4 aromatic rings. The largest absolute Gasteiger partial charge is 0.504 e. The molecule has 5 N–H and O–H groups in total. The molecule has 2 aromatic carbocycles. The first-order valence-electron chi connectivity index (χ1n) is 15.0. The van der Waals surface area contributed by atoms with Crippen LogP contribution in [0.1, 0.15) is 35.2 Å². The van der Waals surface area contributed by atoms with Crippen LogP contribution in [-0.2, 0) is 16.1 Å². The lowest BCUT2D eigenvalue weighted by atomic mass is 9.91. The molecule has 1 aliphatic rings. The Morgan fingerprint density at radius 2 is 1.84 bits per heavy atom. The summed E-state index contributed by atoms with van der Waals surface area (Å²) in [6.07, 6.45) is 7.29. The van der Waals surface area contributed by atoms with Crippen LogP contribution in [0.25, 0.3) is 28.3 Å². The van der Waals surface area contributed by atoms with E-state index < -0.39 is 11.7 Å². The van der Waals surface area contributed by atoms with Gasteiger partial charge in [0.15, 0.2) is 11.5 Å². The summed E-state index contributed by atoms with van der Waals surface area (Å²) in [6.45, 7) is 1.40. The number of piperidine rings is 1. The number of nitrogens with zero attached hydrogens (tertiary/aromatic N) is 5. The number of benzene rings is 2. The predicted molar refractivity (Wildman–Crippen MR) is 182 cm³/mol. The molecule has 0 atom stereocenters. The van der Waals surface area contributed by atoms with Crippen molar-refractivity contribution in [3.05, 3.63) is 94.2 Å². The minimum Gasteiger partial charge on any atom is -0.504 e. The van der Waals surface area contributed by atoms with Gasteiger partial charge < -0.3 is 25.2 Å². The highest BCUT2D eigenvalue weighted by Gasteiger charge is 2.26. The third kappa shape index (κ3) is 8.69. The van der Waals surface area contributed by atoms with Gasteiger partial charge >= 0.3 is 0 Å². The van der Waals surface area contributed by atoms with Gasteiger partial charge in [0.05, 0.1) is 18.4 Å². The zero-order valence-corrected chi connectivity index (χ0v) is 27.4. The second kappa shape index (κ2) is 17.4. The number of hydroxylamine groups is 1. The number of amides is 1. The number of carbonyl (C=O) groups excluding carboxylic acids is 1. The topological polar surface area (TPSA) is 205 Å². The summed E-state index contributed by atoms with van der Waals surface area (Å²) in [6, 6.07) is 14.9. The molecule has 50 heavy (non-hydrogen) atoms. The van der Waals surface area contributed by atoms with Crippen molar-refractivity contribution in [1.29, 1.82) is 10.5 Å². The molecule has 256 valence electrons. The zero-order valence-electron chi connectivity index (χ0n) is 26.6. The molecule has 0 radical (unpaired) electrons. The number of aromatic hydroxyl groups is 1. The molecule has 1 aliphatic heterocycles. The van der Waals surface area contributed by atoms with Crippen LogP contribution in [0.4, 0.5) is 10.2 Å². The van der Waals surface area contributed by atoms with Crippen molar-refractivity contribution in [3.8, 4) is 45.9 Å². The molecule has 0 saturated carbocycles. The van der Waals surface area contributed by atoms with Gasteiger partial charge in [-0.15, -0.1) is 0 Å². The van der Waals surface area contributed by atoms with Crippen LogP contribution in [0.15, 0.2) is 60.9 Å². The number of phenols is 1. The maximum atomic E-state index is 14.9. The Labute approximate surface area is 291 Å². The lowest BCUT2D eigenvalue weighted by Gasteiger charge is -2.34. The number of aromatic nitrogens is 2. The number of hydrogen-bond donors (Lipinski definition) is 5. The van der Waals surface area contributed by atoms with Crippen LogP contribution < -0.4 is 20.4 Å². The highest BCUT2D eigenvalue weighted by Crippen LogP contribution is 2.41. The third-order valence-electron chi connectivity index (χ3n) is 7.88. The van der Waals surface area contributed by atoms with Crippen LogP contribution in [0.5, 0.6) is 11.5 Å². The van der Waals surface area contributed by atoms with Crippen LogP contribution in [-0.4, -0.2) is 64.0 Å². The Balaban J connectivity index is 0.00000181. The van der Waals surface area contributed by atoms with Crippen LogP contribution >= 0.6 is 11.6 Å². The van der Waals surface area contributed by atoms with E-state index in [-0.39, 0.29) is 35.1 Å². The van der Waals surface area contributed by atoms with Crippen molar-refractivity contribution in [2.75, 3.05) is 25.1 Å². The fourth-order valence-electron chi connectivity index (χ4n) is 5.43. The fraction of sp³-hybridized carbons (Fsp3) is 0.200. The van der Waals surface area contributed by atoms with Gasteiger partial charge in [0.1, 0.15) is 29.3 Å². The van der Waals surface area contributed by atoms with Gasteiger partial charge in [-0.1, -0.05) is 23.7 Å². The molecule has 1 saturated heterocycles. The number of nitriles is 2. The zero-order chi connectivity index (χ0) is 36.2. The van der Waals surface area contributed by atoms with E-state index in [2.05, 4.69) is 21.4 Å². The molecule has 3 heterocycles. The molecule has 1 fully saturated rings. The van der Waals surface area contributed by atoms with Crippen molar-refractivity contribution in [2.24, 2.45) is 0 Å². The molecule has 0 aliphatic carbocycles. The smallest absolute Gasteiger partial charge is 0.290 e. The molecular formula is C35H31ClFN7O6. The molecule has 1 amide bonds. The summed E-state index contributed by atoms with van der Waals surface area (Å²) in [4.78, 5) is 30.6. The van der Waals surface area contributed by atoms with Crippen LogP contribution in [0.2, 0.25) is 5.02 Å². The van der Waals surface area contributed by atoms with E-state index in [0.29, 0.717) is 58.4 Å². The Morgan fingerprint density at radius 3 is 2.44 bits per heavy atom. The number of hydrogen-bond acceptors (Lipinski definition) is 11. The molecule has 0 spiro atoms. The average Bonchev–Trinajstić information content (AvgIpc) is 3.13. The average molecular weight is 700 g/mol. The van der Waals surface area contributed by atoms with Crippen molar-refractivity contribution in [1.82, 2.24) is 20.8 Å². The molecule has 15 heteroatoms. The van der Waals surface area contributed by atoms with E-state index in [9.17, 15) is 24.8 Å². The first-order valence-corrected chi connectivity index (χ1v) is 15.4. The molecule has 0 bridgehead atoms. The first-order chi connectivity index (χ1) is 24.2. The molecule has 13 nitrogen and oxygen atoms in total. The monoisotopic (exact) mass is 699 g/mol. The molecule has 5 rings (SSSR count). The Hall–Kier alpha value is -6.06. The standard InChI is InChI=1S/C34H29ClFN7O4.CH2O2/c1-47-31-6-4-20(13-30(31)44)27-19-41-34(26(16-38)33(27)21-2-3-22(15-37)29(36)12-21)43-10-8-24(9-11-43)39-17-23-18-40-25(14-28(23)35)5-7-32(45)42-46;2-1-3/h2-7,12-14,18-19,24,39,44,46H,8-11,17H2,1H3,(H,42,45);1H,(H,2,3)/b7-5+;. The minimum atomic E-state index is -0.710. The number of pyridine rings is 2. The van der Waals surface area contributed by atoms with E-state index in [0.717, 1.165) is 24.5 Å². The van der Waals surface area contributed by atoms with Gasteiger partial charge in [-0.3, -0.25) is 19.8 Å². The summed E-state index contributed by atoms with van der Waals surface area (Å²) in [7, 11) is 1.44. The second-order valence-electron chi connectivity index (χ2n) is 10.8. The normalized spacial score (nSPS) is 12.7. The van der Waals surface area contributed by atoms with E-state index in [1.54, 1.807) is 36.7 Å². The number of ether oxygens (including phenoxy) is 1. The van der Waals surface area contributed by atoms with Gasteiger partial charge in [-0.2, -0.15) is 10.5 Å². The van der Waals surface area contributed by atoms with Crippen LogP contribution in [0, 0.1) is 28.5 Å². The highest BCUT2D eigenvalue weighted by atomic mass is 35.5. The second-order valence-corrected chi connectivity index (χ2v) is 11.2. The third-order valence-corrected chi connectivity index (χ3v) is 8.23. The van der Waals surface area contributed by atoms with E-state index in [1.807, 2.05) is 11.0 Å². The summed E-state index contributed by atoms with van der Waals surface area (Å²) in [5.74, 6) is -0.754. The number of carboxylic acid groups (broad SMARTS) is 1. The quantitative estimate of drug-likeness (QED) is 0.0675. The first kappa shape index (κ1) is 36.8. The van der Waals surface area contributed by atoms with E-state index in [1.165, 1.54) is 36.9 Å². The lowest BCUT2D eigenvalue weighted by Crippen LogP contribution is -2.43. The fourth-order valence-corrected chi connectivity index (χ4v) is 5.66. The SMILES string of the molecule is COc1ccc(-c2cnc(N3CCC(NCc4cnc(/C=C/C(=O)NO)cc4Cl)CC3)c(C#N)c2-c2ccc(C#N)c(F)c2)cc1O.O=CO. The number of nitrogens with one attached hydrogen (secondary N) is 2. The van der Waals surface area contributed by atoms with E-state index in [4.69, 9.17) is 31.4 Å². The number of carbonyl (C=O) groups is 2. The predicted octanol–water partition coefficient (Wildman–Crippen LogP) is 5.04. The van der Waals surface area contributed by atoms with E-state index >= 15 is 0 Å². The Morgan fingerprint density at radius 1 is 1.12 bits per heavy atom. The number of phenolic OH excluding ortho intramolecular Hbond substituents is 1. The number of rotatable bonds is 9. The minimum absolute atomic E-state index is 0.101. The van der Waals surface area contributed by atoms with Crippen molar-refractivity contribution >= 4 is 35.9 Å². The van der Waals surface area contributed by atoms with Gasteiger partial charge in [0.25, 0.3) is 12.4 Å². The van der Waals surface area contributed by atoms with Crippen LogP contribution in [0.3, 0.4) is 0 Å². The Kier molecular flexibility index (Phi) is 12.8. The Bertz CT molecular complexity index is 1990. The van der Waals surface area contributed by atoms with Gasteiger partial charge in [-0.05, 0) is 60.4 Å². The summed E-state index contributed by atoms with van der Waals surface area (Å²) in [5.41, 5.74) is 4.78. The molecule has 2 aromatic heterocycles. The number of anilines is 1.